The summed E-state index contributed by atoms with van der Waals surface area (Å²) in [5.41, 5.74) is 0.870. The molecule has 2 heterocycles. The summed E-state index contributed by atoms with van der Waals surface area (Å²) in [5.74, 6) is 1.32. The smallest absolute Gasteiger partial charge is 0.259 e. The van der Waals surface area contributed by atoms with E-state index in [1.165, 1.54) is 0 Å². The van der Waals surface area contributed by atoms with Crippen LogP contribution in [0.5, 0.6) is 0 Å². The Hall–Kier alpha value is -0.880. The number of hydrogen-bond acceptors (Lipinski definition) is 3. The molecule has 1 atom stereocenters. The molecule has 1 aliphatic rings. The normalized spacial score (nSPS) is 19.8. The monoisotopic (exact) mass is 271 g/mol. The molecule has 1 aromatic rings. The summed E-state index contributed by atoms with van der Waals surface area (Å²) in [6.07, 6.45) is 2.67. The highest BCUT2D eigenvalue weighted by atomic mass is 32.2. The molecule has 2 rings (SSSR count). The molecule has 0 spiro atoms. The summed E-state index contributed by atoms with van der Waals surface area (Å²) in [6.45, 7) is 7.31. The largest absolute Gasteiger partial charge is 0.331 e. The SMILES string of the molecule is CCCNS(=O)(=O)c1nc(C)n2c1CC(C)CC2. The van der Waals surface area contributed by atoms with Crippen molar-refractivity contribution in [2.45, 2.75) is 51.6 Å². The topological polar surface area (TPSA) is 64.0 Å². The first kappa shape index (κ1) is 13.5. The van der Waals surface area contributed by atoms with Gasteiger partial charge in [0.15, 0.2) is 5.03 Å². The summed E-state index contributed by atoms with van der Waals surface area (Å²) in [5, 5.41) is 0.236. The van der Waals surface area contributed by atoms with Gasteiger partial charge in [0.05, 0.1) is 5.69 Å². The van der Waals surface area contributed by atoms with E-state index >= 15 is 0 Å². The summed E-state index contributed by atoms with van der Waals surface area (Å²) in [4.78, 5) is 4.26. The molecule has 0 radical (unpaired) electrons. The molecule has 1 aromatic heterocycles. The fourth-order valence-corrected chi connectivity index (χ4v) is 3.74. The first-order valence-corrected chi connectivity index (χ1v) is 7.99. The van der Waals surface area contributed by atoms with Crippen LogP contribution in [-0.2, 0) is 23.0 Å². The Bertz CT molecular complexity index is 534. The number of fused-ring (bicyclic) bond motifs is 1. The molecule has 0 fully saturated rings. The van der Waals surface area contributed by atoms with Gasteiger partial charge < -0.3 is 4.57 Å². The highest BCUT2D eigenvalue weighted by molar-refractivity contribution is 7.89. The number of sulfonamides is 1. The first-order chi connectivity index (χ1) is 8.45. The average molecular weight is 271 g/mol. The van der Waals surface area contributed by atoms with Gasteiger partial charge in [-0.25, -0.2) is 18.1 Å². The van der Waals surface area contributed by atoms with Crippen LogP contribution in [0.3, 0.4) is 0 Å². The summed E-state index contributed by atoms with van der Waals surface area (Å²) in [6, 6.07) is 0. The van der Waals surface area contributed by atoms with Gasteiger partial charge in [0.25, 0.3) is 10.0 Å². The third-order valence-corrected chi connectivity index (χ3v) is 4.83. The van der Waals surface area contributed by atoms with E-state index in [1.807, 2.05) is 18.4 Å². The molecule has 0 saturated heterocycles. The number of rotatable bonds is 4. The second-order valence-corrected chi connectivity index (χ2v) is 6.74. The maximum absolute atomic E-state index is 12.2. The van der Waals surface area contributed by atoms with E-state index in [0.717, 1.165) is 37.3 Å². The minimum Gasteiger partial charge on any atom is -0.331 e. The number of aromatic nitrogens is 2. The van der Waals surface area contributed by atoms with Crippen LogP contribution in [0, 0.1) is 12.8 Å². The lowest BCUT2D eigenvalue weighted by molar-refractivity contribution is 0.407. The van der Waals surface area contributed by atoms with E-state index in [0.29, 0.717) is 12.5 Å². The van der Waals surface area contributed by atoms with Gasteiger partial charge in [-0.2, -0.15) is 0 Å². The molecule has 18 heavy (non-hydrogen) atoms. The zero-order valence-electron chi connectivity index (χ0n) is 11.2. The van der Waals surface area contributed by atoms with Gasteiger partial charge in [-0.15, -0.1) is 0 Å². The highest BCUT2D eigenvalue weighted by Crippen LogP contribution is 2.26. The minimum atomic E-state index is -3.45. The lowest BCUT2D eigenvalue weighted by Crippen LogP contribution is -2.27. The highest BCUT2D eigenvalue weighted by Gasteiger charge is 2.28. The van der Waals surface area contributed by atoms with Crippen molar-refractivity contribution in [3.8, 4) is 0 Å². The van der Waals surface area contributed by atoms with Gasteiger partial charge in [-0.05, 0) is 32.1 Å². The van der Waals surface area contributed by atoms with Crippen molar-refractivity contribution in [2.75, 3.05) is 6.54 Å². The number of aryl methyl sites for hydroxylation is 1. The van der Waals surface area contributed by atoms with Crippen LogP contribution < -0.4 is 4.72 Å². The van der Waals surface area contributed by atoms with Gasteiger partial charge >= 0.3 is 0 Å². The Labute approximate surface area is 109 Å². The number of hydrogen-bond donors (Lipinski definition) is 1. The maximum atomic E-state index is 12.2. The summed E-state index contributed by atoms with van der Waals surface area (Å²) < 4.78 is 29.0. The zero-order chi connectivity index (χ0) is 13.3. The third-order valence-electron chi connectivity index (χ3n) is 3.41. The van der Waals surface area contributed by atoms with Crippen LogP contribution in [0.2, 0.25) is 0 Å². The molecule has 0 saturated carbocycles. The summed E-state index contributed by atoms with van der Waals surface area (Å²) in [7, 11) is -3.45. The average Bonchev–Trinajstić information content (AvgIpc) is 2.64. The zero-order valence-corrected chi connectivity index (χ0v) is 12.0. The van der Waals surface area contributed by atoms with E-state index in [4.69, 9.17) is 0 Å². The van der Waals surface area contributed by atoms with Crippen LogP contribution in [0.1, 0.15) is 38.2 Å². The molecule has 5 nitrogen and oxygen atoms in total. The maximum Gasteiger partial charge on any atom is 0.259 e. The van der Waals surface area contributed by atoms with Gasteiger partial charge in [0, 0.05) is 13.1 Å². The molecule has 0 aromatic carbocycles. The molecule has 1 N–H and O–H groups in total. The Kier molecular flexibility index (Phi) is 3.77. The second kappa shape index (κ2) is 5.01. The third kappa shape index (κ3) is 2.44. The van der Waals surface area contributed by atoms with Crippen molar-refractivity contribution in [2.24, 2.45) is 5.92 Å². The Morgan fingerprint density at radius 2 is 2.22 bits per heavy atom. The quantitative estimate of drug-likeness (QED) is 0.901. The van der Waals surface area contributed by atoms with E-state index in [-0.39, 0.29) is 5.03 Å². The van der Waals surface area contributed by atoms with Gasteiger partial charge in [-0.1, -0.05) is 13.8 Å². The Morgan fingerprint density at radius 1 is 1.50 bits per heavy atom. The molecule has 1 unspecified atom stereocenters. The molecular formula is C12H21N3O2S. The fraction of sp³-hybridized carbons (Fsp3) is 0.750. The van der Waals surface area contributed by atoms with Crippen molar-refractivity contribution < 1.29 is 8.42 Å². The fourth-order valence-electron chi connectivity index (χ4n) is 2.38. The molecular weight excluding hydrogens is 250 g/mol. The molecule has 6 heteroatoms. The van der Waals surface area contributed by atoms with Crippen LogP contribution in [0.4, 0.5) is 0 Å². The molecule has 0 bridgehead atoms. The number of nitrogens with one attached hydrogen (secondary N) is 1. The van der Waals surface area contributed by atoms with Crippen LogP contribution in [-0.4, -0.2) is 24.5 Å². The van der Waals surface area contributed by atoms with E-state index in [1.54, 1.807) is 0 Å². The van der Waals surface area contributed by atoms with Gasteiger partial charge in [0.2, 0.25) is 0 Å². The lowest BCUT2D eigenvalue weighted by Gasteiger charge is -2.22. The van der Waals surface area contributed by atoms with E-state index < -0.39 is 10.0 Å². The van der Waals surface area contributed by atoms with Crippen molar-refractivity contribution in [1.82, 2.24) is 14.3 Å². The standard InChI is InChI=1S/C12H21N3O2S/c1-4-6-13-18(16,17)12-11-8-9(2)5-7-15(11)10(3)14-12/h9,13H,4-8H2,1-3H3. The number of nitrogens with zero attached hydrogens (tertiary/aromatic N) is 2. The van der Waals surface area contributed by atoms with Crippen LogP contribution in [0.15, 0.2) is 5.03 Å². The minimum absolute atomic E-state index is 0.236. The van der Waals surface area contributed by atoms with Crippen molar-refractivity contribution in [3.63, 3.8) is 0 Å². The van der Waals surface area contributed by atoms with Crippen LogP contribution >= 0.6 is 0 Å². The second-order valence-electron chi connectivity index (χ2n) is 5.06. The van der Waals surface area contributed by atoms with E-state index in [9.17, 15) is 8.42 Å². The Balaban J connectivity index is 2.40. The summed E-state index contributed by atoms with van der Waals surface area (Å²) >= 11 is 0. The molecule has 1 aliphatic heterocycles. The lowest BCUT2D eigenvalue weighted by atomic mass is 9.99. The molecule has 102 valence electrons. The van der Waals surface area contributed by atoms with Gasteiger partial charge in [-0.3, -0.25) is 0 Å². The van der Waals surface area contributed by atoms with Crippen LogP contribution in [0.25, 0.3) is 0 Å². The van der Waals surface area contributed by atoms with Crippen molar-refractivity contribution >= 4 is 10.0 Å². The number of imidazole rings is 1. The first-order valence-electron chi connectivity index (χ1n) is 6.51. The molecule has 0 aliphatic carbocycles. The predicted octanol–water partition coefficient (Wildman–Crippen LogP) is 1.46. The molecule has 0 amide bonds. The Morgan fingerprint density at radius 3 is 2.89 bits per heavy atom. The predicted molar refractivity (Wildman–Crippen MR) is 69.9 cm³/mol. The van der Waals surface area contributed by atoms with Crippen molar-refractivity contribution in [3.05, 3.63) is 11.5 Å². The van der Waals surface area contributed by atoms with Gasteiger partial charge in [0.1, 0.15) is 5.82 Å². The van der Waals surface area contributed by atoms with E-state index in [2.05, 4.69) is 16.6 Å². The van der Waals surface area contributed by atoms with Crippen molar-refractivity contribution in [1.29, 1.82) is 0 Å².